The number of carbonyl (C=O) groups excluding carboxylic acids is 1. The summed E-state index contributed by atoms with van der Waals surface area (Å²) >= 11 is 0. The van der Waals surface area contributed by atoms with E-state index in [2.05, 4.69) is 80.2 Å². The van der Waals surface area contributed by atoms with Gasteiger partial charge in [-0.3, -0.25) is 0 Å². The number of nitrogens with one attached hydrogen (secondary N) is 2. The van der Waals surface area contributed by atoms with Crippen LogP contribution in [0.5, 0.6) is 0 Å². The predicted octanol–water partition coefficient (Wildman–Crippen LogP) is 10.2. The van der Waals surface area contributed by atoms with Gasteiger partial charge in [-0.05, 0) is 106 Å². The van der Waals surface area contributed by atoms with Crippen LogP contribution in [0.4, 0.5) is 0 Å². The van der Waals surface area contributed by atoms with Crippen molar-refractivity contribution in [3.05, 3.63) is 74.9 Å². The van der Waals surface area contributed by atoms with Crippen molar-refractivity contribution < 1.29 is 9.53 Å². The van der Waals surface area contributed by atoms with Crippen LogP contribution in [-0.2, 0) is 35.2 Å². The molecule has 46 heavy (non-hydrogen) atoms. The number of nitrogens with zero attached hydrogens (tertiary/aromatic N) is 2. The maximum Gasteiger partial charge on any atom is 0.330 e. The minimum atomic E-state index is -0.369. The van der Waals surface area contributed by atoms with Gasteiger partial charge in [0.05, 0.1) is 35.4 Å². The topological polar surface area (TPSA) is 83.7 Å². The van der Waals surface area contributed by atoms with E-state index in [1.165, 1.54) is 35.4 Å². The average molecular weight is 619 g/mol. The van der Waals surface area contributed by atoms with Gasteiger partial charge in [-0.25, -0.2) is 14.8 Å². The largest absolute Gasteiger partial charge is 0.466 e. The van der Waals surface area contributed by atoms with Crippen molar-refractivity contribution in [2.75, 3.05) is 7.11 Å². The van der Waals surface area contributed by atoms with Crippen LogP contribution in [0.2, 0.25) is 0 Å². The van der Waals surface area contributed by atoms with Gasteiger partial charge in [-0.2, -0.15) is 0 Å². The van der Waals surface area contributed by atoms with Crippen LogP contribution in [0.1, 0.15) is 130 Å². The number of aryl methyl sites for hydroxylation is 3. The van der Waals surface area contributed by atoms with Gasteiger partial charge in [0.2, 0.25) is 0 Å². The van der Waals surface area contributed by atoms with Crippen LogP contribution in [0.15, 0.2) is 24.3 Å². The van der Waals surface area contributed by atoms with E-state index >= 15 is 0 Å². The molecular weight excluding hydrogens is 568 g/mol. The number of unbranched alkanes of at least 4 members (excludes halogenated alkanes) is 4. The number of fused-ring (bicyclic) bond motifs is 8. The normalized spacial score (nSPS) is 12.5. The Morgan fingerprint density at radius 1 is 0.652 bits per heavy atom. The zero-order valence-corrected chi connectivity index (χ0v) is 28.4. The zero-order chi connectivity index (χ0) is 32.5. The Labute approximate surface area is 274 Å². The van der Waals surface area contributed by atoms with Crippen molar-refractivity contribution in [3.8, 4) is 0 Å². The highest BCUT2D eigenvalue weighted by Gasteiger charge is 2.17. The zero-order valence-electron chi connectivity index (χ0n) is 28.4. The fourth-order valence-electron chi connectivity index (χ4n) is 6.38. The summed E-state index contributed by atoms with van der Waals surface area (Å²) in [5.74, 6) is -0.369. The second kappa shape index (κ2) is 15.9. The molecule has 0 radical (unpaired) electrons. The number of H-pyrrole nitrogens is 2. The third-order valence-corrected chi connectivity index (χ3v) is 9.05. The molecule has 0 spiro atoms. The van der Waals surface area contributed by atoms with Crippen molar-refractivity contribution in [3.63, 3.8) is 0 Å². The first-order valence-electron chi connectivity index (χ1n) is 17.4. The van der Waals surface area contributed by atoms with Gasteiger partial charge in [-0.1, -0.05) is 53.4 Å². The Bertz CT molecular complexity index is 1800. The summed E-state index contributed by atoms with van der Waals surface area (Å²) in [7, 11) is 1.42. The van der Waals surface area contributed by atoms with E-state index in [4.69, 9.17) is 14.7 Å². The molecule has 0 aliphatic carbocycles. The van der Waals surface area contributed by atoms with Crippen molar-refractivity contribution >= 4 is 58.4 Å². The molecular formula is C40H50N4O2. The van der Waals surface area contributed by atoms with Gasteiger partial charge in [0.25, 0.3) is 0 Å². The lowest BCUT2D eigenvalue weighted by molar-refractivity contribution is -0.134. The Morgan fingerprint density at radius 2 is 1.13 bits per heavy atom. The summed E-state index contributed by atoms with van der Waals surface area (Å²) in [5, 5.41) is 0. The number of hydrogen-bond acceptors (Lipinski definition) is 4. The second-order valence-electron chi connectivity index (χ2n) is 12.4. The molecule has 0 aromatic carbocycles. The van der Waals surface area contributed by atoms with Crippen LogP contribution in [0, 0.1) is 0 Å². The predicted molar refractivity (Wildman–Crippen MR) is 194 cm³/mol. The summed E-state index contributed by atoms with van der Waals surface area (Å²) < 4.78 is 4.97. The molecule has 6 heteroatoms. The number of aromatic amines is 2. The lowest BCUT2D eigenvalue weighted by atomic mass is 10.0. The number of esters is 1. The van der Waals surface area contributed by atoms with Crippen LogP contribution < -0.4 is 0 Å². The smallest absolute Gasteiger partial charge is 0.330 e. The molecule has 0 fully saturated rings. The summed E-state index contributed by atoms with van der Waals surface area (Å²) in [5.41, 5.74) is 14.2. The number of hydrogen-bond donors (Lipinski definition) is 2. The molecule has 3 aromatic heterocycles. The number of methoxy groups -OCH3 is 1. The van der Waals surface area contributed by atoms with E-state index < -0.39 is 0 Å². The van der Waals surface area contributed by atoms with Gasteiger partial charge in [0, 0.05) is 44.9 Å². The number of carbonyl (C=O) groups is 1. The standard InChI is InChI=1S/C40H50N4O2/c1-6-10-14-28-32-19-20-33(41-32)29(15-11-7-2)35-23-24-37(43-35)31(17-13-9-4)40-27(18-25-39(45)46-5)26-38(44-40)30(16-12-8-3)36-22-21-34(28)42-36/h18-26,42,44H,6-17H2,1-5H3/b25-18+,32-28?,33-29?,34-28?,35-29?,36-30?,37-31?,38-30?,40-31?. The molecule has 2 aliphatic heterocycles. The maximum absolute atomic E-state index is 12.2. The maximum atomic E-state index is 12.2. The minimum Gasteiger partial charge on any atom is -0.466 e. The van der Waals surface area contributed by atoms with E-state index in [0.29, 0.717) is 0 Å². The number of ether oxygens (including phenoxy) is 1. The van der Waals surface area contributed by atoms with Crippen LogP contribution in [0.25, 0.3) is 52.4 Å². The van der Waals surface area contributed by atoms with E-state index in [9.17, 15) is 4.79 Å². The first kappa shape index (κ1) is 33.2. The first-order chi connectivity index (χ1) is 22.5. The van der Waals surface area contributed by atoms with Gasteiger partial charge in [-0.15, -0.1) is 0 Å². The molecule has 5 rings (SSSR count). The molecule has 0 saturated heterocycles. The molecule has 5 heterocycles. The van der Waals surface area contributed by atoms with Gasteiger partial charge in [0.1, 0.15) is 0 Å². The fourth-order valence-corrected chi connectivity index (χ4v) is 6.38. The molecule has 0 amide bonds. The average Bonchev–Trinajstić information content (AvgIpc) is 3.89. The molecule has 2 N–H and O–H groups in total. The molecule has 0 saturated carbocycles. The molecule has 0 atom stereocenters. The van der Waals surface area contributed by atoms with Crippen molar-refractivity contribution in [2.24, 2.45) is 0 Å². The Balaban J connectivity index is 1.95. The van der Waals surface area contributed by atoms with E-state index in [1.54, 1.807) is 0 Å². The van der Waals surface area contributed by atoms with Crippen molar-refractivity contribution in [1.82, 2.24) is 19.9 Å². The lowest BCUT2D eigenvalue weighted by Crippen LogP contribution is -1.97. The van der Waals surface area contributed by atoms with Crippen LogP contribution in [0.3, 0.4) is 0 Å². The van der Waals surface area contributed by atoms with E-state index in [-0.39, 0.29) is 5.97 Å². The Hall–Kier alpha value is -4.19. The van der Waals surface area contributed by atoms with Gasteiger partial charge >= 0.3 is 5.97 Å². The molecule has 0 unspecified atom stereocenters. The monoisotopic (exact) mass is 618 g/mol. The highest BCUT2D eigenvalue weighted by Crippen LogP contribution is 2.31. The second-order valence-corrected chi connectivity index (χ2v) is 12.4. The summed E-state index contributed by atoms with van der Waals surface area (Å²) in [6.07, 6.45) is 24.5. The van der Waals surface area contributed by atoms with E-state index in [0.717, 1.165) is 127 Å². The Kier molecular flexibility index (Phi) is 11.5. The van der Waals surface area contributed by atoms with Crippen molar-refractivity contribution in [2.45, 2.75) is 105 Å². The lowest BCUT2D eigenvalue weighted by Gasteiger charge is -2.06. The Morgan fingerprint density at radius 3 is 1.70 bits per heavy atom. The third-order valence-electron chi connectivity index (χ3n) is 9.05. The summed E-state index contributed by atoms with van der Waals surface area (Å²) in [4.78, 5) is 30.5. The molecule has 6 nitrogen and oxygen atoms in total. The number of rotatable bonds is 14. The van der Waals surface area contributed by atoms with Crippen molar-refractivity contribution in [1.29, 1.82) is 0 Å². The van der Waals surface area contributed by atoms with Gasteiger partial charge in [0.15, 0.2) is 0 Å². The molecule has 3 aromatic rings. The van der Waals surface area contributed by atoms with Gasteiger partial charge < -0.3 is 14.7 Å². The minimum absolute atomic E-state index is 0.369. The quantitative estimate of drug-likeness (QED) is 0.0958. The highest BCUT2D eigenvalue weighted by molar-refractivity contribution is 5.92. The van der Waals surface area contributed by atoms with Crippen LogP contribution in [-0.4, -0.2) is 33.0 Å². The SMILES string of the molecule is CCCCc1c2nc(c(CCCC)c3ccc([nH]3)c(CCCC)c3cc(/C=C/C(=O)OC)c([nH]3)c(CCCC)c3nc1C=C3)C=C2. The number of aromatic nitrogens is 4. The molecule has 242 valence electrons. The fraction of sp³-hybridized carbons (Fsp3) is 0.425. The third kappa shape index (κ3) is 7.43. The highest BCUT2D eigenvalue weighted by atomic mass is 16.5. The summed E-state index contributed by atoms with van der Waals surface area (Å²) in [6.45, 7) is 8.93. The van der Waals surface area contributed by atoms with Crippen LogP contribution >= 0.6 is 0 Å². The molecule has 2 aliphatic rings. The summed E-state index contributed by atoms with van der Waals surface area (Å²) in [6, 6.07) is 6.65. The molecule has 8 bridgehead atoms. The van der Waals surface area contributed by atoms with E-state index in [1.807, 2.05) is 6.08 Å². The first-order valence-corrected chi connectivity index (χ1v) is 17.4.